The Bertz CT molecular complexity index is 6580. The molecule has 0 aliphatic carbocycles. The molecule has 0 atom stereocenters. The summed E-state index contributed by atoms with van der Waals surface area (Å²) < 4.78 is 51.4. The Labute approximate surface area is 916 Å². The number of esters is 1. The number of hydrogen-bond acceptors (Lipinski definition) is 20. The number of aromatic nitrogens is 5. The average molecular weight is 2460 g/mol. The number of aliphatic carboxylic acids is 1. The van der Waals surface area contributed by atoms with Crippen molar-refractivity contribution in [1.29, 1.82) is 0 Å². The second-order valence-corrected chi connectivity index (χ2v) is 42.7. The van der Waals surface area contributed by atoms with Crippen LogP contribution in [0.3, 0.4) is 0 Å². The summed E-state index contributed by atoms with van der Waals surface area (Å²) in [7, 11) is 3.97. The molecule has 752 valence electrons. The van der Waals surface area contributed by atoms with Crippen molar-refractivity contribution in [2.24, 2.45) is 0 Å². The number of nitrogens with zero attached hydrogens (tertiary/aromatic N) is 5. The minimum Gasteiger partial charge on any atom is -0.481 e. The molecule has 19 nitrogen and oxygen atoms in total. The number of nitrogens with two attached hydrogens (primary N) is 1. The first-order chi connectivity index (χ1) is 68.5. The Morgan fingerprint density at radius 2 is 0.769 bits per heavy atom. The van der Waals surface area contributed by atoms with Crippen molar-refractivity contribution in [3.63, 3.8) is 0 Å². The lowest BCUT2D eigenvalue weighted by molar-refractivity contribution is -0.154. The Morgan fingerprint density at radius 3 is 1.10 bits per heavy atom. The third-order valence-corrected chi connectivity index (χ3v) is 27.1. The molecule has 0 fully saturated rings. The number of carbonyl (C=O) groups is 7. The van der Waals surface area contributed by atoms with Crippen LogP contribution in [-0.2, 0) is 71.7 Å². The number of benzene rings is 10. The fourth-order valence-electron chi connectivity index (χ4n) is 12.4. The van der Waals surface area contributed by atoms with Crippen LogP contribution < -0.4 is 11.2 Å². The molecule has 0 spiro atoms. The molecule has 5 heterocycles. The van der Waals surface area contributed by atoms with Crippen LogP contribution >= 0.6 is 163 Å². The molecular weight excluding hydrogens is 2350 g/mol. The maximum atomic E-state index is 12.6. The second-order valence-electron chi connectivity index (χ2n) is 31.9. The number of ketones is 3. The molecule has 0 amide bonds. The van der Waals surface area contributed by atoms with Crippen LogP contribution in [0.15, 0.2) is 298 Å². The monoisotopic (exact) mass is 2450 g/mol. The summed E-state index contributed by atoms with van der Waals surface area (Å²) >= 11 is 30.1. The Kier molecular flexibility index (Phi) is 56.4. The van der Waals surface area contributed by atoms with Gasteiger partial charge in [0.05, 0.1) is 65.4 Å². The van der Waals surface area contributed by atoms with E-state index in [1.54, 1.807) is 85.2 Å². The summed E-state index contributed by atoms with van der Waals surface area (Å²) in [6.45, 7) is 24.8. The first-order valence-corrected chi connectivity index (χ1v) is 53.6. The number of hydrogen-bond donors (Lipinski definition) is 5. The number of halogens is 11. The lowest BCUT2D eigenvalue weighted by Crippen LogP contribution is -2.29. The quantitative estimate of drug-likeness (QED) is 0.0205. The van der Waals surface area contributed by atoms with Gasteiger partial charge in [0.2, 0.25) is 9.23 Å². The summed E-state index contributed by atoms with van der Waals surface area (Å²) in [5, 5.41) is 42.4. The van der Waals surface area contributed by atoms with Crippen LogP contribution in [0, 0.1) is 62.3 Å². The van der Waals surface area contributed by atoms with Crippen LogP contribution in [0.2, 0.25) is 0 Å². The standard InChI is InChI=1S/C25H22N2OS.C19H16BrNOS.C13H17BrO2.C9H9BrO2.C9H9BrO.C9H8N2S.C8H6BrClO.C8H7BrO2.C6H8BNO2.2CH3F.Cl2OS/c1-17-12-19(8-9-23(17)21-10-11-26-18(2)13-21)14-22(28)15-25-27-24(16-29-25)20-6-4-3-5-7-20;1-13-9-14(7-8-17(13)20)10-16(22)11-19-21-18(12-23-19)15-5-3-2-4-6-15;1-9-7-10(5-6-11(9)14)8-12(15)16-13(2,3)4;1-6-4-7(5-9(11)12)2-3-8(6)10;1-6-5-8(7(2)11)3-4-9(6)10;10-9-11-8(6-12-9)7-4-2-1-3-5-7;2*1-5-4-6(8(10)11)2-3-7(5)9;1-5-4-6(7(9)10)2-3-8-5;2*1-2;1-4(2)3/h3-13,16H,14-15H2,1-2H3;2-9,12H,10-11H2,1H3;5-7H,8H2,1-4H3;2-4H,5H2,1H3,(H,11,12);3-5H,1-2H3;1-6H,(H2,10,11);2-4H,1H3;2-4H,1H3,(H,10,11);2-4,9-10H,1H3;2*1H3;/i;;;;;;;;;2*1D;. The van der Waals surface area contributed by atoms with E-state index in [0.717, 1.165) is 149 Å². The summed E-state index contributed by atoms with van der Waals surface area (Å²) in [6.07, 6.45) is 5.45. The normalized spacial score (nSPS) is 10.3. The number of rotatable bonds is 20. The highest BCUT2D eigenvalue weighted by atomic mass is 79.9. The van der Waals surface area contributed by atoms with Gasteiger partial charge in [0.1, 0.15) is 27.2 Å². The molecule has 15 rings (SSSR count). The van der Waals surface area contributed by atoms with Gasteiger partial charge in [0.25, 0.3) is 5.24 Å². The zero-order valence-corrected chi connectivity index (χ0v) is 95.3. The van der Waals surface area contributed by atoms with Crippen LogP contribution in [-0.4, -0.2) is 117 Å². The van der Waals surface area contributed by atoms with Crippen molar-refractivity contribution in [2.45, 2.75) is 134 Å². The molecule has 0 aliphatic rings. The Morgan fingerprint density at radius 1 is 0.434 bits per heavy atom. The van der Waals surface area contributed by atoms with E-state index in [-0.39, 0.29) is 29.7 Å². The van der Waals surface area contributed by atoms with E-state index in [1.165, 1.54) is 22.5 Å². The van der Waals surface area contributed by atoms with Gasteiger partial charge in [-0.1, -0.05) is 247 Å². The molecule has 143 heavy (non-hydrogen) atoms. The number of anilines is 1. The van der Waals surface area contributed by atoms with Gasteiger partial charge in [-0.15, -0.1) is 34.0 Å². The topological polar surface area (TPSA) is 317 Å². The van der Waals surface area contributed by atoms with E-state index >= 15 is 0 Å². The fraction of sp³-hybridized carbons (Fsp3) is 0.204. The molecule has 5 aromatic heterocycles. The number of carboxylic acids is 2. The highest BCUT2D eigenvalue weighted by Gasteiger charge is 2.19. The second kappa shape index (κ2) is 66.2. The number of carbonyl (C=O) groups excluding carboxylic acids is 5. The summed E-state index contributed by atoms with van der Waals surface area (Å²) in [6, 6.07) is 76.9. The molecule has 0 radical (unpaired) electrons. The molecule has 35 heteroatoms. The van der Waals surface area contributed by atoms with Crippen molar-refractivity contribution < 1.29 is 74.3 Å². The van der Waals surface area contributed by atoms with Gasteiger partial charge in [-0.3, -0.25) is 47.5 Å². The zero-order chi connectivity index (χ0) is 108. The van der Waals surface area contributed by atoms with E-state index < -0.39 is 53.4 Å². The summed E-state index contributed by atoms with van der Waals surface area (Å²) in [5.41, 5.74) is 28.9. The number of alkyl halides is 2. The van der Waals surface area contributed by atoms with Crippen LogP contribution in [0.25, 0.3) is 44.9 Å². The van der Waals surface area contributed by atoms with E-state index in [4.69, 9.17) is 49.3 Å². The average Bonchev–Trinajstić information content (AvgIpc) is 1.74. The smallest absolute Gasteiger partial charge is 0.481 e. The number of carboxylic acid groups (broad SMARTS) is 2. The van der Waals surface area contributed by atoms with Gasteiger partial charge in [-0.2, -0.15) is 0 Å². The number of aryl methyl sites for hydroxylation is 9. The predicted octanol–water partition coefficient (Wildman–Crippen LogP) is 29.3. The van der Waals surface area contributed by atoms with Gasteiger partial charge in [0.15, 0.2) is 10.9 Å². The summed E-state index contributed by atoms with van der Waals surface area (Å²) in [4.78, 5) is 100. The van der Waals surface area contributed by atoms with Gasteiger partial charge in [-0.25, -0.2) is 24.0 Å². The number of pyridine rings is 2. The first kappa shape index (κ1) is 122. The van der Waals surface area contributed by atoms with Crippen molar-refractivity contribution in [2.75, 3.05) is 20.0 Å². The third-order valence-electron chi connectivity index (χ3n) is 19.2. The van der Waals surface area contributed by atoms with Crippen molar-refractivity contribution in [3.05, 3.63) is 397 Å². The molecule has 0 unspecified atom stereocenters. The minimum atomic E-state index is -1.67. The zero-order valence-electron chi connectivity index (χ0n) is 82.3. The largest absolute Gasteiger partial charge is 0.488 e. The molecule has 0 saturated heterocycles. The van der Waals surface area contributed by atoms with E-state index in [0.29, 0.717) is 53.8 Å². The maximum Gasteiger partial charge on any atom is 0.488 e. The van der Waals surface area contributed by atoms with E-state index in [1.807, 2.05) is 267 Å². The highest BCUT2D eigenvalue weighted by molar-refractivity contribution is 9.11. The molecule has 6 N–H and O–H groups in total. The highest BCUT2D eigenvalue weighted by Crippen LogP contribution is 2.30. The van der Waals surface area contributed by atoms with E-state index in [9.17, 15) is 42.3 Å². The maximum absolute atomic E-state index is 12.6. The van der Waals surface area contributed by atoms with Gasteiger partial charge < -0.3 is 30.7 Å². The summed E-state index contributed by atoms with van der Waals surface area (Å²) in [5.74, 6) is -1.38. The fourth-order valence-corrected chi connectivity index (χ4v) is 16.2. The number of nitrogen functional groups attached to an aromatic ring is 1. The number of aromatic carboxylic acids is 1. The molecule has 0 saturated carbocycles. The van der Waals surface area contributed by atoms with Crippen molar-refractivity contribution >= 4 is 230 Å². The lowest BCUT2D eigenvalue weighted by Gasteiger charge is -2.19. The van der Waals surface area contributed by atoms with E-state index in [2.05, 4.69) is 173 Å². The third kappa shape index (κ3) is 49.2. The molecule has 10 aromatic carbocycles. The van der Waals surface area contributed by atoms with Crippen LogP contribution in [0.1, 0.15) is 144 Å². The van der Waals surface area contributed by atoms with Crippen LogP contribution in [0.4, 0.5) is 13.9 Å². The number of thiazole rings is 3. The van der Waals surface area contributed by atoms with Gasteiger partial charge >= 0.3 is 25.0 Å². The molecule has 0 aliphatic heterocycles. The molecule has 0 bridgehead atoms. The Balaban J connectivity index is 0.000000344. The lowest BCUT2D eigenvalue weighted by atomic mass is 9.81. The molecular formula is C108H108BBr6Cl3F2N6O13S4. The number of ether oxygens (including phenoxy) is 1. The van der Waals surface area contributed by atoms with Crippen LogP contribution in [0.5, 0.6) is 0 Å². The Hall–Kier alpha value is -9.98. The minimum absolute atomic E-state index is 0.0914. The van der Waals surface area contributed by atoms with Crippen molar-refractivity contribution in [3.8, 4) is 44.9 Å². The van der Waals surface area contributed by atoms with Crippen molar-refractivity contribution in [1.82, 2.24) is 24.9 Å². The SMILES string of the molecule is CC(=O)c1ccc(Br)c(C)c1.Cc1cc(-c2ccc(CC(=O)Cc3nc(-c4ccccc4)cs3)cc2C)ccn1.Cc1cc(B(O)O)ccn1.Cc1cc(C(=O)Cl)ccc1Br.Cc1cc(C(=O)O)ccc1Br.Cc1cc(CC(=O)Cc2nc(-c3ccccc3)cs2)ccc1Br.Cc1cc(CC(=O)O)ccc1Br.Cc1cc(CC(=O)OC(C)(C)C)ccc1Br.Nc1nc(-c2ccccc2)cs1.O=S(Cl)Cl.[2H]CF.[2H]CF. The predicted molar refractivity (Wildman–Crippen MR) is 605 cm³/mol. The van der Waals surface area contributed by atoms with Gasteiger partial charge in [-0.05, 0) is 270 Å². The first-order valence-electron chi connectivity index (χ1n) is 44.4. The molecule has 15 aromatic rings. The number of Topliss-reactive ketones (excluding diaryl/α,β-unsaturated/α-hetero) is 3. The van der Waals surface area contributed by atoms with Gasteiger partial charge in [0, 0.05) is 129 Å².